The van der Waals surface area contributed by atoms with Crippen molar-refractivity contribution in [1.29, 1.82) is 0 Å². The molecule has 0 fully saturated rings. The Labute approximate surface area is 179 Å². The predicted molar refractivity (Wildman–Crippen MR) is 123 cm³/mol. The molecule has 3 heteroatoms. The zero-order valence-corrected chi connectivity index (χ0v) is 18.4. The van der Waals surface area contributed by atoms with Crippen molar-refractivity contribution >= 4 is 11.3 Å². The maximum atomic E-state index is 6.87. The third-order valence-electron chi connectivity index (χ3n) is 7.57. The Bertz CT molecular complexity index is 1160. The molecule has 0 saturated carbocycles. The second-order valence-electron chi connectivity index (χ2n) is 9.49. The van der Waals surface area contributed by atoms with Crippen molar-refractivity contribution in [2.45, 2.75) is 71.6 Å². The standard InChI is InChI=1S/C27H32N2O/c1-3-4-8-18-15-22-17(2)23-16-19-9-6-13-29-14-7-11-21(25(19)29)27(23)30-26(22)20-10-5-12-28-24(18)20/h15-16H,3-14H2,1-2H3. The molecule has 0 spiro atoms. The topological polar surface area (TPSA) is 24.8 Å². The van der Waals surface area contributed by atoms with Crippen LogP contribution in [-0.4, -0.2) is 19.6 Å². The van der Waals surface area contributed by atoms with E-state index in [4.69, 9.17) is 9.73 Å². The van der Waals surface area contributed by atoms with Crippen LogP contribution >= 0.6 is 0 Å². The summed E-state index contributed by atoms with van der Waals surface area (Å²) in [6, 6.07) is 4.87. The first-order valence-corrected chi connectivity index (χ1v) is 12.1. The molecule has 0 atom stereocenters. The van der Waals surface area contributed by atoms with E-state index in [1.807, 2.05) is 0 Å². The van der Waals surface area contributed by atoms with Crippen LogP contribution < -0.4 is 20.2 Å². The summed E-state index contributed by atoms with van der Waals surface area (Å²) in [5.41, 5.74) is 10.1. The first-order chi connectivity index (χ1) is 14.8. The Morgan fingerprint density at radius 2 is 1.83 bits per heavy atom. The van der Waals surface area contributed by atoms with Gasteiger partial charge in [-0.1, -0.05) is 13.3 Å². The highest BCUT2D eigenvalue weighted by atomic mass is 16.5. The number of hydrogen-bond donors (Lipinski definition) is 0. The molecule has 0 aliphatic carbocycles. The number of fused-ring (bicyclic) bond motifs is 5. The van der Waals surface area contributed by atoms with Gasteiger partial charge in [0, 0.05) is 47.2 Å². The van der Waals surface area contributed by atoms with E-state index in [0.29, 0.717) is 0 Å². The number of anilines is 1. The summed E-state index contributed by atoms with van der Waals surface area (Å²) in [4.78, 5) is 7.59. The largest absolute Gasteiger partial charge is 0.455 e. The fraction of sp³-hybridized carbons (Fsp3) is 0.519. The lowest BCUT2D eigenvalue weighted by molar-refractivity contribution is 0.451. The number of ether oxygens (including phenoxy) is 1. The van der Waals surface area contributed by atoms with Crippen LogP contribution in [0.3, 0.4) is 0 Å². The van der Waals surface area contributed by atoms with E-state index in [0.717, 1.165) is 43.7 Å². The third-order valence-corrected chi connectivity index (χ3v) is 7.57. The van der Waals surface area contributed by atoms with Crippen LogP contribution in [0.2, 0.25) is 0 Å². The Morgan fingerprint density at radius 3 is 2.70 bits per heavy atom. The number of hydrogen-bond acceptors (Lipinski definition) is 3. The molecule has 3 nitrogen and oxygen atoms in total. The molecule has 0 radical (unpaired) electrons. The van der Waals surface area contributed by atoms with Crippen molar-refractivity contribution in [3.05, 3.63) is 50.5 Å². The van der Waals surface area contributed by atoms with Gasteiger partial charge in [-0.25, -0.2) is 0 Å². The van der Waals surface area contributed by atoms with Gasteiger partial charge in [0.15, 0.2) is 0 Å². The summed E-state index contributed by atoms with van der Waals surface area (Å²) in [5.74, 6) is 2.27. The summed E-state index contributed by atoms with van der Waals surface area (Å²) in [7, 11) is 0. The first kappa shape index (κ1) is 18.5. The summed E-state index contributed by atoms with van der Waals surface area (Å²) in [6.45, 7) is 7.95. The van der Waals surface area contributed by atoms with E-state index in [9.17, 15) is 0 Å². The zero-order chi connectivity index (χ0) is 20.2. The van der Waals surface area contributed by atoms with Crippen molar-refractivity contribution < 1.29 is 4.74 Å². The summed E-state index contributed by atoms with van der Waals surface area (Å²) in [5, 5.41) is 2.57. The number of rotatable bonds is 3. The summed E-state index contributed by atoms with van der Waals surface area (Å²) < 4.78 is 6.87. The Balaban J connectivity index is 1.62. The van der Waals surface area contributed by atoms with Crippen molar-refractivity contribution in [3.63, 3.8) is 0 Å². The van der Waals surface area contributed by atoms with Crippen molar-refractivity contribution in [3.8, 4) is 11.5 Å². The van der Waals surface area contributed by atoms with Gasteiger partial charge in [0.2, 0.25) is 0 Å². The van der Waals surface area contributed by atoms with Gasteiger partial charge < -0.3 is 9.64 Å². The second kappa shape index (κ2) is 7.14. The van der Waals surface area contributed by atoms with E-state index in [1.165, 1.54) is 89.3 Å². The molecule has 156 valence electrons. The van der Waals surface area contributed by atoms with Crippen LogP contribution in [0.5, 0.6) is 11.5 Å². The molecule has 0 saturated heterocycles. The average Bonchev–Trinajstić information content (AvgIpc) is 2.79. The quantitative estimate of drug-likeness (QED) is 0.751. The first-order valence-electron chi connectivity index (χ1n) is 12.1. The molecule has 0 bridgehead atoms. The molecule has 4 aliphatic rings. The minimum atomic E-state index is 0.956. The molecule has 30 heavy (non-hydrogen) atoms. The Morgan fingerprint density at radius 1 is 1.00 bits per heavy atom. The molecular weight excluding hydrogens is 368 g/mol. The minimum absolute atomic E-state index is 0.956. The maximum absolute atomic E-state index is 6.87. The Hall–Kier alpha value is -2.29. The van der Waals surface area contributed by atoms with Crippen LogP contribution in [-0.2, 0) is 25.7 Å². The fourth-order valence-corrected chi connectivity index (χ4v) is 6.07. The third kappa shape index (κ3) is 2.67. The molecule has 6 rings (SSSR count). The smallest absolute Gasteiger partial charge is 0.140 e. The van der Waals surface area contributed by atoms with Crippen LogP contribution in [0.25, 0.3) is 5.57 Å². The number of nitrogens with zero attached hydrogens (tertiary/aromatic N) is 2. The van der Waals surface area contributed by atoms with Gasteiger partial charge in [0.05, 0.1) is 5.36 Å². The van der Waals surface area contributed by atoms with E-state index in [1.54, 1.807) is 5.56 Å². The van der Waals surface area contributed by atoms with Gasteiger partial charge in [0.1, 0.15) is 11.5 Å². The molecule has 4 aliphatic heterocycles. The molecule has 2 aromatic rings. The van der Waals surface area contributed by atoms with Gasteiger partial charge in [-0.3, -0.25) is 4.99 Å². The van der Waals surface area contributed by atoms with Crippen LogP contribution in [0.4, 0.5) is 5.69 Å². The SMILES string of the molecule is CCCCc1cc2c(c3c1=NCCC3)Oc1c(cc3c4c1CCCN4CCC3)C=2C. The van der Waals surface area contributed by atoms with E-state index in [2.05, 4.69) is 30.9 Å². The highest BCUT2D eigenvalue weighted by molar-refractivity contribution is 5.81. The van der Waals surface area contributed by atoms with E-state index in [-0.39, 0.29) is 0 Å². The van der Waals surface area contributed by atoms with Gasteiger partial charge in [0.25, 0.3) is 0 Å². The molecule has 0 unspecified atom stereocenters. The molecule has 0 aromatic heterocycles. The highest BCUT2D eigenvalue weighted by Gasteiger charge is 2.32. The summed E-state index contributed by atoms with van der Waals surface area (Å²) >= 11 is 0. The van der Waals surface area contributed by atoms with Crippen LogP contribution in [0, 0.1) is 0 Å². The van der Waals surface area contributed by atoms with Gasteiger partial charge in [-0.2, -0.15) is 0 Å². The van der Waals surface area contributed by atoms with Gasteiger partial charge in [-0.15, -0.1) is 0 Å². The molecule has 0 amide bonds. The predicted octanol–water partition coefficient (Wildman–Crippen LogP) is 4.62. The van der Waals surface area contributed by atoms with Crippen molar-refractivity contribution in [2.24, 2.45) is 4.99 Å². The molecular formula is C27H32N2O. The Kier molecular flexibility index (Phi) is 4.40. The van der Waals surface area contributed by atoms with Crippen LogP contribution in [0.1, 0.15) is 73.8 Å². The zero-order valence-electron chi connectivity index (χ0n) is 18.4. The highest BCUT2D eigenvalue weighted by Crippen LogP contribution is 2.47. The number of aryl methyl sites for hydroxylation is 2. The summed E-state index contributed by atoms with van der Waals surface area (Å²) in [6.07, 6.45) is 10.7. The van der Waals surface area contributed by atoms with Gasteiger partial charge >= 0.3 is 0 Å². The molecule has 4 heterocycles. The lowest BCUT2D eigenvalue weighted by Gasteiger charge is -2.39. The monoisotopic (exact) mass is 400 g/mol. The average molecular weight is 401 g/mol. The van der Waals surface area contributed by atoms with Crippen molar-refractivity contribution in [2.75, 3.05) is 24.5 Å². The molecule has 2 aromatic carbocycles. The lowest BCUT2D eigenvalue weighted by atomic mass is 9.85. The number of unbranched alkanes of at least 4 members (excludes halogenated alkanes) is 1. The normalized spacial score (nSPS) is 18.6. The second-order valence-corrected chi connectivity index (χ2v) is 9.49. The van der Waals surface area contributed by atoms with Gasteiger partial charge in [-0.05, 0) is 87.1 Å². The fourth-order valence-electron chi connectivity index (χ4n) is 6.07. The number of benzene rings is 2. The van der Waals surface area contributed by atoms with Crippen molar-refractivity contribution in [1.82, 2.24) is 0 Å². The molecule has 0 N–H and O–H groups in total. The van der Waals surface area contributed by atoms with E-state index >= 15 is 0 Å². The lowest BCUT2D eigenvalue weighted by Crippen LogP contribution is -2.35. The van der Waals surface area contributed by atoms with Crippen LogP contribution in [0.15, 0.2) is 17.1 Å². The maximum Gasteiger partial charge on any atom is 0.140 e. The minimum Gasteiger partial charge on any atom is -0.455 e. The van der Waals surface area contributed by atoms with E-state index < -0.39 is 0 Å².